The summed E-state index contributed by atoms with van der Waals surface area (Å²) >= 11 is 0. The lowest BCUT2D eigenvalue weighted by atomic mass is 9.95. The van der Waals surface area contributed by atoms with Crippen LogP contribution in [0.2, 0.25) is 0 Å². The van der Waals surface area contributed by atoms with E-state index in [1.165, 1.54) is 17.0 Å². The lowest BCUT2D eigenvalue weighted by molar-refractivity contribution is 0.467. The highest BCUT2D eigenvalue weighted by Gasteiger charge is 2.25. The van der Waals surface area contributed by atoms with Crippen molar-refractivity contribution < 1.29 is 0 Å². The SMILES string of the molecule is CCc1cnc(C)nc1N1CCC(c2nccn2Cc2cccnc2)CC1. The zero-order chi connectivity index (χ0) is 18.6. The van der Waals surface area contributed by atoms with Gasteiger partial charge in [0.05, 0.1) is 6.54 Å². The molecule has 3 aromatic heterocycles. The van der Waals surface area contributed by atoms with Crippen molar-refractivity contribution >= 4 is 5.82 Å². The summed E-state index contributed by atoms with van der Waals surface area (Å²) in [5.41, 5.74) is 2.44. The van der Waals surface area contributed by atoms with E-state index in [2.05, 4.69) is 43.6 Å². The number of aryl methyl sites for hydroxylation is 2. The third-order valence-corrected chi connectivity index (χ3v) is 5.33. The molecule has 3 aromatic rings. The summed E-state index contributed by atoms with van der Waals surface area (Å²) in [6, 6.07) is 4.10. The van der Waals surface area contributed by atoms with Gasteiger partial charge in [-0.15, -0.1) is 0 Å². The van der Waals surface area contributed by atoms with Crippen LogP contribution in [0.4, 0.5) is 5.82 Å². The van der Waals surface area contributed by atoms with Gasteiger partial charge < -0.3 is 9.47 Å². The fraction of sp³-hybridized carbons (Fsp3) is 0.429. The molecule has 0 N–H and O–H groups in total. The highest BCUT2D eigenvalue weighted by Crippen LogP contribution is 2.30. The maximum Gasteiger partial charge on any atom is 0.135 e. The van der Waals surface area contributed by atoms with Gasteiger partial charge in [0.25, 0.3) is 0 Å². The van der Waals surface area contributed by atoms with Crippen LogP contribution in [0, 0.1) is 6.92 Å². The second kappa shape index (κ2) is 7.86. The second-order valence-electron chi connectivity index (χ2n) is 7.16. The second-order valence-corrected chi connectivity index (χ2v) is 7.16. The van der Waals surface area contributed by atoms with Crippen molar-refractivity contribution in [1.29, 1.82) is 0 Å². The van der Waals surface area contributed by atoms with Gasteiger partial charge in [-0.3, -0.25) is 4.98 Å². The van der Waals surface area contributed by atoms with Crippen LogP contribution in [0.1, 0.15) is 48.5 Å². The molecule has 0 atom stereocenters. The maximum absolute atomic E-state index is 4.72. The Morgan fingerprint density at radius 2 is 1.96 bits per heavy atom. The van der Waals surface area contributed by atoms with Crippen molar-refractivity contribution in [1.82, 2.24) is 24.5 Å². The third-order valence-electron chi connectivity index (χ3n) is 5.33. The molecule has 1 saturated heterocycles. The smallest absolute Gasteiger partial charge is 0.135 e. The van der Waals surface area contributed by atoms with E-state index in [4.69, 9.17) is 4.98 Å². The number of nitrogens with zero attached hydrogens (tertiary/aromatic N) is 6. The van der Waals surface area contributed by atoms with E-state index in [1.54, 1.807) is 0 Å². The summed E-state index contributed by atoms with van der Waals surface area (Å²) in [6.07, 6.45) is 12.9. The largest absolute Gasteiger partial charge is 0.356 e. The Kier molecular flexibility index (Phi) is 5.14. The molecule has 0 aliphatic carbocycles. The van der Waals surface area contributed by atoms with E-state index < -0.39 is 0 Å². The molecule has 6 nitrogen and oxygen atoms in total. The molecule has 0 aromatic carbocycles. The molecule has 140 valence electrons. The van der Waals surface area contributed by atoms with Gasteiger partial charge in [-0.05, 0) is 37.8 Å². The van der Waals surface area contributed by atoms with Crippen molar-refractivity contribution in [3.63, 3.8) is 0 Å². The zero-order valence-corrected chi connectivity index (χ0v) is 16.0. The third kappa shape index (κ3) is 3.84. The van der Waals surface area contributed by atoms with Crippen LogP contribution in [0.5, 0.6) is 0 Å². The minimum Gasteiger partial charge on any atom is -0.356 e. The van der Waals surface area contributed by atoms with E-state index >= 15 is 0 Å². The van der Waals surface area contributed by atoms with Crippen molar-refractivity contribution in [3.05, 3.63) is 65.9 Å². The Bertz CT molecular complexity index is 881. The Labute approximate surface area is 160 Å². The molecule has 1 fully saturated rings. The minimum atomic E-state index is 0.487. The van der Waals surface area contributed by atoms with Gasteiger partial charge in [0.1, 0.15) is 17.5 Å². The van der Waals surface area contributed by atoms with E-state index in [0.717, 1.165) is 50.5 Å². The van der Waals surface area contributed by atoms with Crippen molar-refractivity contribution in [2.75, 3.05) is 18.0 Å². The highest BCUT2D eigenvalue weighted by molar-refractivity contribution is 5.46. The fourth-order valence-electron chi connectivity index (χ4n) is 3.86. The van der Waals surface area contributed by atoms with Crippen molar-refractivity contribution in [3.8, 4) is 0 Å². The number of hydrogen-bond acceptors (Lipinski definition) is 5. The molecule has 0 radical (unpaired) electrons. The average Bonchev–Trinajstić information content (AvgIpc) is 3.17. The first kappa shape index (κ1) is 17.6. The van der Waals surface area contributed by atoms with Crippen LogP contribution in [0.3, 0.4) is 0 Å². The highest BCUT2D eigenvalue weighted by atomic mass is 15.2. The van der Waals surface area contributed by atoms with E-state index in [9.17, 15) is 0 Å². The average molecular weight is 362 g/mol. The number of hydrogen-bond donors (Lipinski definition) is 0. The van der Waals surface area contributed by atoms with Gasteiger partial charge in [-0.25, -0.2) is 15.0 Å². The Hall–Kier alpha value is -2.76. The van der Waals surface area contributed by atoms with Gasteiger partial charge in [0, 0.05) is 55.6 Å². The number of imidazole rings is 1. The summed E-state index contributed by atoms with van der Waals surface area (Å²) in [4.78, 5) is 20.4. The predicted octanol–water partition coefficient (Wildman–Crippen LogP) is 3.37. The number of piperidine rings is 1. The summed E-state index contributed by atoms with van der Waals surface area (Å²) in [7, 11) is 0. The van der Waals surface area contributed by atoms with Crippen LogP contribution < -0.4 is 4.90 Å². The number of anilines is 1. The molecule has 0 amide bonds. The van der Waals surface area contributed by atoms with Crippen LogP contribution in [-0.2, 0) is 13.0 Å². The summed E-state index contributed by atoms with van der Waals surface area (Å²) in [6.45, 7) is 6.97. The minimum absolute atomic E-state index is 0.487. The number of pyridine rings is 1. The first-order chi connectivity index (χ1) is 13.2. The molecule has 6 heteroatoms. The van der Waals surface area contributed by atoms with Gasteiger partial charge in [0.15, 0.2) is 0 Å². The standard InChI is InChI=1S/C21H26N6/c1-3-18-14-24-16(2)25-21(18)26-10-6-19(7-11-26)20-23-9-12-27(20)15-17-5-4-8-22-13-17/h4-5,8-9,12-14,19H,3,6-7,10-11,15H2,1-2H3. The predicted molar refractivity (Wildman–Crippen MR) is 106 cm³/mol. The monoisotopic (exact) mass is 362 g/mol. The van der Waals surface area contributed by atoms with Crippen LogP contribution in [-0.4, -0.2) is 37.6 Å². The summed E-state index contributed by atoms with van der Waals surface area (Å²) < 4.78 is 2.27. The van der Waals surface area contributed by atoms with E-state index in [0.29, 0.717) is 5.92 Å². The fourth-order valence-corrected chi connectivity index (χ4v) is 3.86. The molecule has 1 aliphatic rings. The van der Waals surface area contributed by atoms with Crippen LogP contribution >= 0.6 is 0 Å². The van der Waals surface area contributed by atoms with Crippen molar-refractivity contribution in [2.24, 2.45) is 0 Å². The summed E-state index contributed by atoms with van der Waals surface area (Å²) in [5, 5.41) is 0. The maximum atomic E-state index is 4.72. The normalized spacial score (nSPS) is 15.3. The first-order valence-corrected chi connectivity index (χ1v) is 9.72. The van der Waals surface area contributed by atoms with Gasteiger partial charge in [-0.1, -0.05) is 13.0 Å². The molecule has 0 spiro atoms. The molecule has 0 bridgehead atoms. The Morgan fingerprint density at radius 1 is 1.11 bits per heavy atom. The molecule has 0 unspecified atom stereocenters. The molecule has 4 rings (SSSR count). The van der Waals surface area contributed by atoms with Crippen LogP contribution in [0.15, 0.2) is 43.1 Å². The topological polar surface area (TPSA) is 59.7 Å². The Balaban J connectivity index is 1.46. The summed E-state index contributed by atoms with van der Waals surface area (Å²) in [5.74, 6) is 3.63. The quantitative estimate of drug-likeness (QED) is 0.696. The number of aromatic nitrogens is 5. The first-order valence-electron chi connectivity index (χ1n) is 9.72. The number of rotatable bonds is 5. The molecule has 0 saturated carbocycles. The van der Waals surface area contributed by atoms with Crippen molar-refractivity contribution in [2.45, 2.75) is 45.6 Å². The van der Waals surface area contributed by atoms with Gasteiger partial charge in [0.2, 0.25) is 0 Å². The molecular formula is C21H26N6. The molecule has 4 heterocycles. The molecule has 1 aliphatic heterocycles. The molecule has 27 heavy (non-hydrogen) atoms. The molecular weight excluding hydrogens is 336 g/mol. The van der Waals surface area contributed by atoms with Crippen LogP contribution in [0.25, 0.3) is 0 Å². The lowest BCUT2D eigenvalue weighted by Gasteiger charge is -2.33. The van der Waals surface area contributed by atoms with Gasteiger partial charge in [-0.2, -0.15) is 0 Å². The lowest BCUT2D eigenvalue weighted by Crippen LogP contribution is -2.35. The Morgan fingerprint density at radius 3 is 2.70 bits per heavy atom. The van der Waals surface area contributed by atoms with Gasteiger partial charge >= 0.3 is 0 Å². The zero-order valence-electron chi connectivity index (χ0n) is 16.0. The van der Waals surface area contributed by atoms with E-state index in [-0.39, 0.29) is 0 Å². The van der Waals surface area contributed by atoms with E-state index in [1.807, 2.05) is 37.8 Å².